The summed E-state index contributed by atoms with van der Waals surface area (Å²) < 4.78 is 32.7. The first kappa shape index (κ1) is 15.8. The number of fused-ring (bicyclic) bond motifs is 2. The fourth-order valence-electron chi connectivity index (χ4n) is 2.68. The molecule has 24 heavy (non-hydrogen) atoms. The molecule has 2 aromatic rings. The number of rotatable bonds is 1. The fourth-order valence-corrected chi connectivity index (χ4v) is 3.53. The molecule has 0 unspecified atom stereocenters. The van der Waals surface area contributed by atoms with Crippen LogP contribution < -0.4 is 11.5 Å². The third kappa shape index (κ3) is 1.87. The summed E-state index contributed by atoms with van der Waals surface area (Å²) in [6, 6.07) is 3.62. The van der Waals surface area contributed by atoms with E-state index in [0.717, 1.165) is 6.07 Å². The van der Waals surface area contributed by atoms with Gasteiger partial charge in [-0.05, 0) is 6.07 Å². The standard InChI is InChI=1S/C14H10N2O7S/c15-9-10(16)14(24(21,22)23)8-7(13(9)20)12(19)6-4(11(8)18)2-1-3-5(6)17/h1-3,17,20H,15-16H2,(H,21,22,23). The van der Waals surface area contributed by atoms with Gasteiger partial charge in [-0.3, -0.25) is 14.1 Å². The number of phenols is 2. The molecule has 3 rings (SSSR count). The largest absolute Gasteiger partial charge is 0.507 e. The smallest absolute Gasteiger partial charge is 0.297 e. The van der Waals surface area contributed by atoms with Crippen molar-refractivity contribution in [1.29, 1.82) is 0 Å². The van der Waals surface area contributed by atoms with E-state index in [1.165, 1.54) is 12.1 Å². The third-order valence-corrected chi connectivity index (χ3v) is 4.67. The summed E-state index contributed by atoms with van der Waals surface area (Å²) in [5.74, 6) is -3.46. The van der Waals surface area contributed by atoms with Crippen molar-refractivity contribution in [3.8, 4) is 11.5 Å². The molecule has 0 saturated heterocycles. The van der Waals surface area contributed by atoms with Crippen LogP contribution in [0.25, 0.3) is 0 Å². The normalized spacial score (nSPS) is 13.5. The Labute approximate surface area is 134 Å². The number of benzene rings is 2. The highest BCUT2D eigenvalue weighted by atomic mass is 32.2. The molecule has 0 radical (unpaired) electrons. The number of hydrogen-bond donors (Lipinski definition) is 5. The summed E-state index contributed by atoms with van der Waals surface area (Å²) in [6.07, 6.45) is 0. The maximum Gasteiger partial charge on any atom is 0.297 e. The molecule has 0 heterocycles. The number of carbonyl (C=O) groups excluding carboxylic acids is 2. The number of ketones is 2. The van der Waals surface area contributed by atoms with E-state index in [1.807, 2.05) is 0 Å². The van der Waals surface area contributed by atoms with Crippen molar-refractivity contribution in [3.05, 3.63) is 40.5 Å². The highest BCUT2D eigenvalue weighted by molar-refractivity contribution is 7.86. The van der Waals surface area contributed by atoms with E-state index in [2.05, 4.69) is 0 Å². The van der Waals surface area contributed by atoms with Crippen LogP contribution in [0.4, 0.5) is 11.4 Å². The molecule has 0 bridgehead atoms. The number of phenolic OH excluding ortho intramolecular Hbond substituents is 2. The summed E-state index contributed by atoms with van der Waals surface area (Å²) in [5, 5.41) is 19.9. The summed E-state index contributed by atoms with van der Waals surface area (Å²) in [7, 11) is -5.03. The van der Waals surface area contributed by atoms with E-state index in [-0.39, 0.29) is 5.56 Å². The van der Waals surface area contributed by atoms with Gasteiger partial charge in [0.2, 0.25) is 5.78 Å². The van der Waals surface area contributed by atoms with Crippen LogP contribution in [0.1, 0.15) is 31.8 Å². The second-order valence-electron chi connectivity index (χ2n) is 5.09. The van der Waals surface area contributed by atoms with Gasteiger partial charge in [0.05, 0.1) is 28.1 Å². The monoisotopic (exact) mass is 350 g/mol. The van der Waals surface area contributed by atoms with Gasteiger partial charge < -0.3 is 21.7 Å². The van der Waals surface area contributed by atoms with Crippen LogP contribution in [0.15, 0.2) is 23.1 Å². The molecule has 1 aliphatic rings. The minimum atomic E-state index is -5.03. The summed E-state index contributed by atoms with van der Waals surface area (Å²) >= 11 is 0. The zero-order chi connectivity index (χ0) is 18.0. The van der Waals surface area contributed by atoms with Gasteiger partial charge >= 0.3 is 0 Å². The molecule has 0 saturated carbocycles. The second-order valence-corrected chi connectivity index (χ2v) is 6.45. The number of carbonyl (C=O) groups is 2. The lowest BCUT2D eigenvalue weighted by atomic mass is 9.82. The molecule has 7 N–H and O–H groups in total. The SMILES string of the molecule is Nc1c(N)c(S(=O)(=O)O)c2c(c1O)C(=O)c1c(O)cccc1C2=O. The molecule has 0 aliphatic heterocycles. The first-order valence-electron chi connectivity index (χ1n) is 6.40. The molecule has 0 atom stereocenters. The Hall–Kier alpha value is -3.11. The Kier molecular flexibility index (Phi) is 3.08. The highest BCUT2D eigenvalue weighted by Crippen LogP contribution is 2.45. The van der Waals surface area contributed by atoms with Crippen LogP contribution in [0.5, 0.6) is 11.5 Å². The van der Waals surface area contributed by atoms with Crippen LogP contribution in [-0.4, -0.2) is 34.8 Å². The zero-order valence-electron chi connectivity index (χ0n) is 11.8. The number of nitrogens with two attached hydrogens (primary N) is 2. The second kappa shape index (κ2) is 4.69. The predicted molar refractivity (Wildman–Crippen MR) is 81.7 cm³/mol. The predicted octanol–water partition coefficient (Wildman–Crippen LogP) is 0.284. The molecule has 124 valence electrons. The van der Waals surface area contributed by atoms with Crippen LogP contribution in [0.2, 0.25) is 0 Å². The zero-order valence-corrected chi connectivity index (χ0v) is 12.6. The lowest BCUT2D eigenvalue weighted by Gasteiger charge is -2.23. The average molecular weight is 350 g/mol. The van der Waals surface area contributed by atoms with Gasteiger partial charge in [0.25, 0.3) is 10.1 Å². The molecule has 0 aromatic heterocycles. The van der Waals surface area contributed by atoms with Gasteiger partial charge in [-0.2, -0.15) is 8.42 Å². The molecule has 9 nitrogen and oxygen atoms in total. The molecular formula is C14H10N2O7S. The van der Waals surface area contributed by atoms with Gasteiger partial charge in [-0.1, -0.05) is 12.1 Å². The number of aromatic hydroxyl groups is 2. The van der Waals surface area contributed by atoms with Crippen LogP contribution >= 0.6 is 0 Å². The van der Waals surface area contributed by atoms with E-state index in [1.54, 1.807) is 0 Å². The third-order valence-electron chi connectivity index (χ3n) is 3.73. The molecule has 0 amide bonds. The van der Waals surface area contributed by atoms with Gasteiger partial charge in [-0.25, -0.2) is 0 Å². The first-order chi connectivity index (χ1) is 11.1. The Bertz CT molecular complexity index is 1060. The Morgan fingerprint density at radius 1 is 0.875 bits per heavy atom. The van der Waals surface area contributed by atoms with E-state index in [0.29, 0.717) is 0 Å². The number of hydrogen-bond acceptors (Lipinski definition) is 8. The minimum absolute atomic E-state index is 0.291. The van der Waals surface area contributed by atoms with Crippen molar-refractivity contribution in [2.45, 2.75) is 4.90 Å². The maximum absolute atomic E-state index is 12.6. The summed E-state index contributed by atoms with van der Waals surface area (Å²) in [5.41, 5.74) is 7.35. The van der Waals surface area contributed by atoms with E-state index in [9.17, 15) is 32.8 Å². The van der Waals surface area contributed by atoms with Gasteiger partial charge in [0, 0.05) is 5.56 Å². The average Bonchev–Trinajstić information content (AvgIpc) is 2.48. The van der Waals surface area contributed by atoms with Crippen molar-refractivity contribution >= 4 is 33.1 Å². The van der Waals surface area contributed by atoms with E-state index in [4.69, 9.17) is 11.5 Å². The lowest BCUT2D eigenvalue weighted by molar-refractivity contribution is 0.0972. The van der Waals surface area contributed by atoms with Crippen LogP contribution in [-0.2, 0) is 10.1 Å². The van der Waals surface area contributed by atoms with E-state index < -0.39 is 66.1 Å². The van der Waals surface area contributed by atoms with Crippen molar-refractivity contribution in [1.82, 2.24) is 0 Å². The molecule has 0 spiro atoms. The van der Waals surface area contributed by atoms with Crippen molar-refractivity contribution in [2.75, 3.05) is 11.5 Å². The van der Waals surface area contributed by atoms with Crippen molar-refractivity contribution in [2.24, 2.45) is 0 Å². The van der Waals surface area contributed by atoms with Crippen molar-refractivity contribution in [3.63, 3.8) is 0 Å². The number of anilines is 2. The molecular weight excluding hydrogens is 340 g/mol. The van der Waals surface area contributed by atoms with Gasteiger partial charge in [0.1, 0.15) is 10.6 Å². The number of nitrogen functional groups attached to an aromatic ring is 2. The fraction of sp³-hybridized carbons (Fsp3) is 0. The van der Waals surface area contributed by atoms with Crippen LogP contribution in [0, 0.1) is 0 Å². The molecule has 10 heteroatoms. The molecule has 1 aliphatic carbocycles. The van der Waals surface area contributed by atoms with Gasteiger partial charge in [0.15, 0.2) is 11.5 Å². The van der Waals surface area contributed by atoms with E-state index >= 15 is 0 Å². The minimum Gasteiger partial charge on any atom is -0.507 e. The molecule has 0 fully saturated rings. The van der Waals surface area contributed by atoms with Crippen molar-refractivity contribution < 1.29 is 32.8 Å². The topological polar surface area (TPSA) is 181 Å². The Morgan fingerprint density at radius 3 is 2.08 bits per heavy atom. The molecule has 2 aromatic carbocycles. The summed E-state index contributed by atoms with van der Waals surface area (Å²) in [4.78, 5) is 24.2. The highest BCUT2D eigenvalue weighted by Gasteiger charge is 2.41. The first-order valence-corrected chi connectivity index (χ1v) is 7.84. The maximum atomic E-state index is 12.6. The Balaban J connectivity index is 2.57. The summed E-state index contributed by atoms with van der Waals surface area (Å²) in [6.45, 7) is 0. The van der Waals surface area contributed by atoms with Gasteiger partial charge in [-0.15, -0.1) is 0 Å². The Morgan fingerprint density at radius 2 is 1.50 bits per heavy atom. The quantitative estimate of drug-likeness (QED) is 0.234. The lowest BCUT2D eigenvalue weighted by Crippen LogP contribution is -2.25. The van der Waals surface area contributed by atoms with Crippen LogP contribution in [0.3, 0.4) is 0 Å².